The van der Waals surface area contributed by atoms with Gasteiger partial charge in [0.2, 0.25) is 5.91 Å². The van der Waals surface area contributed by atoms with Crippen molar-refractivity contribution in [2.24, 2.45) is 0 Å². The molecule has 1 unspecified atom stereocenters. The molecular weight excluding hydrogens is 358 g/mol. The first kappa shape index (κ1) is 18.4. The number of nitrogens with zero attached hydrogens (tertiary/aromatic N) is 1. The van der Waals surface area contributed by atoms with Gasteiger partial charge in [0.05, 0.1) is 5.88 Å². The number of benzene rings is 2. The normalized spacial score (nSPS) is 16.6. The average molecular weight is 376 g/mol. The Morgan fingerprint density at radius 3 is 2.46 bits per heavy atom. The molecule has 3 rings (SSSR count). The number of thioether (sulfide) groups is 1. The van der Waals surface area contributed by atoms with Crippen molar-refractivity contribution in [2.75, 3.05) is 16.9 Å². The summed E-state index contributed by atoms with van der Waals surface area (Å²) in [5, 5.41) is 2.84. The zero-order valence-corrected chi connectivity index (χ0v) is 15.2. The number of nitrogens with one attached hydrogen (secondary N) is 1. The lowest BCUT2D eigenvalue weighted by Gasteiger charge is -2.23. The highest BCUT2D eigenvalue weighted by atomic mass is 32.2. The van der Waals surface area contributed by atoms with Crippen LogP contribution in [0.1, 0.15) is 21.5 Å². The molecule has 1 saturated heterocycles. The Kier molecular flexibility index (Phi) is 5.27. The summed E-state index contributed by atoms with van der Waals surface area (Å²) in [6.45, 7) is 3.86. The largest absolute Gasteiger partial charge is 0.324 e. The number of carbonyl (C=O) groups excluding carboxylic acids is 2. The predicted octanol–water partition coefficient (Wildman–Crippen LogP) is 3.74. The van der Waals surface area contributed by atoms with Crippen LogP contribution in [0.25, 0.3) is 0 Å². The van der Waals surface area contributed by atoms with Crippen molar-refractivity contribution in [2.45, 2.75) is 19.9 Å². The van der Waals surface area contributed by atoms with Gasteiger partial charge in [-0.3, -0.25) is 9.59 Å². The quantitative estimate of drug-likeness (QED) is 0.888. The maximum Gasteiger partial charge on any atom is 0.255 e. The topological polar surface area (TPSA) is 49.4 Å². The molecule has 1 heterocycles. The van der Waals surface area contributed by atoms with E-state index in [1.54, 1.807) is 0 Å². The van der Waals surface area contributed by atoms with Gasteiger partial charge in [-0.25, -0.2) is 8.78 Å². The fourth-order valence-electron chi connectivity index (χ4n) is 2.87. The molecule has 0 spiro atoms. The van der Waals surface area contributed by atoms with Gasteiger partial charge < -0.3 is 10.2 Å². The molecule has 0 radical (unpaired) electrons. The number of amides is 2. The van der Waals surface area contributed by atoms with Gasteiger partial charge in [-0.15, -0.1) is 11.8 Å². The number of rotatable bonds is 3. The molecule has 4 nitrogen and oxygen atoms in total. The van der Waals surface area contributed by atoms with Crippen LogP contribution in [0.5, 0.6) is 0 Å². The smallest absolute Gasteiger partial charge is 0.255 e. The molecule has 2 aromatic rings. The number of aryl methyl sites for hydroxylation is 2. The van der Waals surface area contributed by atoms with Gasteiger partial charge in [-0.2, -0.15) is 0 Å². The second kappa shape index (κ2) is 7.45. The molecule has 2 amide bonds. The van der Waals surface area contributed by atoms with E-state index in [1.165, 1.54) is 16.7 Å². The van der Waals surface area contributed by atoms with Gasteiger partial charge in [-0.05, 0) is 37.6 Å². The molecule has 1 fully saturated rings. The Balaban J connectivity index is 1.78. The molecule has 7 heteroatoms. The first-order chi connectivity index (χ1) is 12.3. The monoisotopic (exact) mass is 376 g/mol. The Morgan fingerprint density at radius 2 is 1.81 bits per heavy atom. The highest BCUT2D eigenvalue weighted by molar-refractivity contribution is 7.99. The van der Waals surface area contributed by atoms with Crippen molar-refractivity contribution in [3.8, 4) is 0 Å². The van der Waals surface area contributed by atoms with Crippen LogP contribution >= 0.6 is 11.8 Å². The fraction of sp³-hybridized carbons (Fsp3) is 0.263. The SMILES string of the molecule is Cc1ccc(NC(=O)C2CSCN2C(=O)c2cc(F)cc(F)c2)c(C)c1. The zero-order valence-electron chi connectivity index (χ0n) is 14.4. The summed E-state index contributed by atoms with van der Waals surface area (Å²) in [7, 11) is 0. The third-order valence-electron chi connectivity index (χ3n) is 4.20. The van der Waals surface area contributed by atoms with Gasteiger partial charge >= 0.3 is 0 Å². The minimum atomic E-state index is -0.823. The van der Waals surface area contributed by atoms with E-state index in [0.29, 0.717) is 23.4 Å². The van der Waals surface area contributed by atoms with E-state index >= 15 is 0 Å². The number of hydrogen-bond acceptors (Lipinski definition) is 3. The van der Waals surface area contributed by atoms with Gasteiger partial charge in [0.1, 0.15) is 17.7 Å². The summed E-state index contributed by atoms with van der Waals surface area (Å²) < 4.78 is 26.8. The van der Waals surface area contributed by atoms with Crippen molar-refractivity contribution < 1.29 is 18.4 Å². The molecule has 0 aromatic heterocycles. The minimum Gasteiger partial charge on any atom is -0.324 e. The van der Waals surface area contributed by atoms with Crippen LogP contribution in [-0.4, -0.2) is 34.4 Å². The van der Waals surface area contributed by atoms with Crippen molar-refractivity contribution in [1.82, 2.24) is 4.90 Å². The van der Waals surface area contributed by atoms with Crippen molar-refractivity contribution in [1.29, 1.82) is 0 Å². The summed E-state index contributed by atoms with van der Waals surface area (Å²) >= 11 is 1.42. The average Bonchev–Trinajstić information content (AvgIpc) is 3.05. The molecule has 26 heavy (non-hydrogen) atoms. The van der Waals surface area contributed by atoms with Crippen molar-refractivity contribution in [3.05, 3.63) is 64.7 Å². The third kappa shape index (κ3) is 3.88. The second-order valence-electron chi connectivity index (χ2n) is 6.26. The van der Waals surface area contributed by atoms with E-state index in [-0.39, 0.29) is 11.5 Å². The number of carbonyl (C=O) groups is 2. The van der Waals surface area contributed by atoms with Crippen molar-refractivity contribution in [3.63, 3.8) is 0 Å². The van der Waals surface area contributed by atoms with Crippen LogP contribution in [-0.2, 0) is 4.79 Å². The molecule has 136 valence electrons. The van der Waals surface area contributed by atoms with E-state index in [4.69, 9.17) is 0 Å². The Hall–Kier alpha value is -2.41. The fourth-order valence-corrected chi connectivity index (χ4v) is 4.03. The van der Waals surface area contributed by atoms with Gasteiger partial charge in [0.15, 0.2) is 0 Å². The summed E-state index contributed by atoms with van der Waals surface area (Å²) in [5.74, 6) is -1.79. The minimum absolute atomic E-state index is 0.102. The van der Waals surface area contributed by atoms with Crippen LogP contribution in [0.2, 0.25) is 0 Å². The highest BCUT2D eigenvalue weighted by Crippen LogP contribution is 2.25. The number of halogens is 2. The van der Waals surface area contributed by atoms with E-state index in [2.05, 4.69) is 5.32 Å². The second-order valence-corrected chi connectivity index (χ2v) is 7.26. The molecule has 0 bridgehead atoms. The van der Waals surface area contributed by atoms with Gasteiger partial charge in [-0.1, -0.05) is 17.7 Å². The molecule has 1 atom stereocenters. The summed E-state index contributed by atoms with van der Waals surface area (Å²) in [6.07, 6.45) is 0. The highest BCUT2D eigenvalue weighted by Gasteiger charge is 2.35. The summed E-state index contributed by atoms with van der Waals surface area (Å²) in [4.78, 5) is 26.6. The van der Waals surface area contributed by atoms with E-state index in [1.807, 2.05) is 32.0 Å². The van der Waals surface area contributed by atoms with Crippen LogP contribution in [0.4, 0.5) is 14.5 Å². The molecule has 1 aliphatic heterocycles. The molecule has 1 N–H and O–H groups in total. The maximum absolute atomic E-state index is 13.4. The van der Waals surface area contributed by atoms with Crippen molar-refractivity contribution >= 4 is 29.3 Å². The first-order valence-electron chi connectivity index (χ1n) is 8.08. The third-order valence-corrected chi connectivity index (χ3v) is 5.21. The Labute approximate surface area is 154 Å². The standard InChI is InChI=1S/C19H18F2N2O2S/c1-11-3-4-16(12(2)5-11)22-18(24)17-9-26-10-23(17)19(25)13-6-14(20)8-15(21)7-13/h3-8,17H,9-10H2,1-2H3,(H,22,24). The Bertz CT molecular complexity index is 852. The van der Waals surface area contributed by atoms with E-state index in [9.17, 15) is 18.4 Å². The lowest BCUT2D eigenvalue weighted by molar-refractivity contribution is -0.119. The number of hydrogen-bond donors (Lipinski definition) is 1. The van der Waals surface area contributed by atoms with Gasteiger partial charge in [0, 0.05) is 23.1 Å². The summed E-state index contributed by atoms with van der Waals surface area (Å²) in [6, 6.07) is 7.64. The predicted molar refractivity (Wildman–Crippen MR) is 98.2 cm³/mol. The summed E-state index contributed by atoms with van der Waals surface area (Å²) in [5.41, 5.74) is 2.59. The van der Waals surface area contributed by atoms with Crippen LogP contribution in [0, 0.1) is 25.5 Å². The van der Waals surface area contributed by atoms with Crippen LogP contribution in [0.3, 0.4) is 0 Å². The lowest BCUT2D eigenvalue weighted by Crippen LogP contribution is -2.44. The molecular formula is C19H18F2N2O2S. The van der Waals surface area contributed by atoms with Gasteiger partial charge in [0.25, 0.3) is 5.91 Å². The molecule has 0 saturated carbocycles. The molecule has 1 aliphatic rings. The van der Waals surface area contributed by atoms with E-state index < -0.39 is 23.6 Å². The lowest BCUT2D eigenvalue weighted by atomic mass is 10.1. The molecule has 0 aliphatic carbocycles. The van der Waals surface area contributed by atoms with Crippen LogP contribution < -0.4 is 5.32 Å². The van der Waals surface area contributed by atoms with E-state index in [0.717, 1.165) is 23.3 Å². The maximum atomic E-state index is 13.4. The zero-order chi connectivity index (χ0) is 18.8. The van der Waals surface area contributed by atoms with Crippen LogP contribution in [0.15, 0.2) is 36.4 Å². The Morgan fingerprint density at radius 1 is 1.12 bits per heavy atom. The number of anilines is 1. The molecule has 2 aromatic carbocycles. The first-order valence-corrected chi connectivity index (χ1v) is 9.23.